The fourth-order valence-electron chi connectivity index (χ4n) is 7.68. The number of rotatable bonds is 3. The Hall–Kier alpha value is -6.70. The van der Waals surface area contributed by atoms with Crippen LogP contribution >= 0.6 is 0 Å². The third-order valence-electron chi connectivity index (χ3n) is 9.79. The van der Waals surface area contributed by atoms with Crippen molar-refractivity contribution in [3.8, 4) is 33.4 Å². The van der Waals surface area contributed by atoms with E-state index in [0.29, 0.717) is 33.2 Å². The molecule has 1 heteroatoms. The molecule has 11 aromatic rings. The lowest BCUT2D eigenvalue weighted by Gasteiger charge is -2.21. The Morgan fingerprint density at radius 1 is 0.333 bits per heavy atom. The van der Waals surface area contributed by atoms with Crippen LogP contribution in [-0.4, -0.2) is 0 Å². The molecular formula is C50H30O. The van der Waals surface area contributed by atoms with Gasteiger partial charge in [-0.15, -0.1) is 0 Å². The smallest absolute Gasteiger partial charge is 0.143 e. The van der Waals surface area contributed by atoms with Gasteiger partial charge in [0.25, 0.3) is 0 Å². The van der Waals surface area contributed by atoms with Crippen molar-refractivity contribution in [1.29, 1.82) is 0 Å². The van der Waals surface area contributed by atoms with Crippen LogP contribution in [0.15, 0.2) is 186 Å². The minimum Gasteiger partial charge on any atom is -0.455 e. The fraction of sp³-hybridized carbons (Fsp3) is 0. The first-order valence-corrected chi connectivity index (χ1v) is 16.4. The fourth-order valence-corrected chi connectivity index (χ4v) is 7.68. The van der Waals surface area contributed by atoms with Crippen molar-refractivity contribution in [2.24, 2.45) is 0 Å². The second-order valence-corrected chi connectivity index (χ2v) is 12.4. The second kappa shape index (κ2) is 10.9. The summed E-state index contributed by atoms with van der Waals surface area (Å²) in [6.45, 7) is 0. The minimum absolute atomic E-state index is 0.0136. The van der Waals surface area contributed by atoms with Gasteiger partial charge in [0, 0.05) is 16.2 Å². The van der Waals surface area contributed by atoms with Gasteiger partial charge in [0.2, 0.25) is 0 Å². The Labute approximate surface area is 315 Å². The molecule has 0 bridgehead atoms. The van der Waals surface area contributed by atoms with Crippen molar-refractivity contribution >= 4 is 75.8 Å². The van der Waals surface area contributed by atoms with Crippen LogP contribution in [0.4, 0.5) is 0 Å². The van der Waals surface area contributed by atoms with Crippen molar-refractivity contribution in [2.45, 2.75) is 0 Å². The quantitative estimate of drug-likeness (QED) is 0.172. The number of hydrogen-bond acceptors (Lipinski definition) is 1. The van der Waals surface area contributed by atoms with Crippen LogP contribution in [0, 0.1) is 0 Å². The summed E-state index contributed by atoms with van der Waals surface area (Å²) in [6.07, 6.45) is 0. The Morgan fingerprint density at radius 3 is 1.67 bits per heavy atom. The Kier molecular flexibility index (Phi) is 3.70. The van der Waals surface area contributed by atoms with E-state index >= 15 is 0 Å². The average molecular weight is 662 g/mol. The first kappa shape index (κ1) is 17.3. The van der Waals surface area contributed by atoms with E-state index in [9.17, 15) is 6.85 Å². The summed E-state index contributed by atoms with van der Waals surface area (Å²) >= 11 is 0. The molecule has 0 fully saturated rings. The molecule has 1 nitrogen and oxygen atoms in total. The van der Waals surface area contributed by atoms with E-state index in [1.54, 1.807) is 6.07 Å². The molecule has 236 valence electrons. The van der Waals surface area contributed by atoms with Gasteiger partial charge in [-0.2, -0.15) is 0 Å². The molecule has 0 aliphatic carbocycles. The number of furan rings is 1. The van der Waals surface area contributed by atoms with Gasteiger partial charge in [0.05, 0.1) is 20.6 Å². The van der Waals surface area contributed by atoms with E-state index in [0.717, 1.165) is 26.9 Å². The highest BCUT2D eigenvalue weighted by molar-refractivity contribution is 6.27. The summed E-state index contributed by atoms with van der Waals surface area (Å²) in [5.41, 5.74) is 1.93. The molecule has 10 aromatic carbocycles. The third kappa shape index (κ3) is 4.09. The van der Waals surface area contributed by atoms with Crippen molar-refractivity contribution in [3.63, 3.8) is 0 Å². The number of benzene rings is 10. The van der Waals surface area contributed by atoms with Gasteiger partial charge in [0.1, 0.15) is 11.2 Å². The minimum atomic E-state index is -0.764. The third-order valence-corrected chi connectivity index (χ3v) is 9.79. The molecule has 0 unspecified atom stereocenters. The molecule has 51 heavy (non-hydrogen) atoms. The van der Waals surface area contributed by atoms with Crippen LogP contribution in [0.2, 0.25) is 0 Å². The molecule has 0 spiro atoms. The van der Waals surface area contributed by atoms with Crippen LogP contribution in [0.3, 0.4) is 0 Å². The zero-order valence-electron chi connectivity index (χ0n) is 41.6. The molecule has 0 N–H and O–H groups in total. The maximum absolute atomic E-state index is 9.70. The molecule has 0 saturated carbocycles. The van der Waals surface area contributed by atoms with Gasteiger partial charge < -0.3 is 4.42 Å². The van der Waals surface area contributed by atoms with E-state index in [1.165, 1.54) is 0 Å². The van der Waals surface area contributed by atoms with Crippen LogP contribution in [0.5, 0.6) is 0 Å². The molecule has 11 rings (SSSR count). The second-order valence-electron chi connectivity index (χ2n) is 12.4. The molecule has 0 aliphatic rings. The highest BCUT2D eigenvalue weighted by Crippen LogP contribution is 2.50. The Balaban J connectivity index is 1.44. The lowest BCUT2D eigenvalue weighted by molar-refractivity contribution is 0.673. The van der Waals surface area contributed by atoms with Crippen LogP contribution < -0.4 is 0 Å². The maximum Gasteiger partial charge on any atom is 0.143 e. The first-order chi connectivity index (χ1) is 31.6. The summed E-state index contributed by atoms with van der Waals surface area (Å²) in [5, 5.41) is 2.97. The monoisotopic (exact) mass is 661 g/mol. The summed E-state index contributed by atoms with van der Waals surface area (Å²) in [7, 11) is 0. The van der Waals surface area contributed by atoms with E-state index < -0.39 is 107 Å². The summed E-state index contributed by atoms with van der Waals surface area (Å²) in [6, 6.07) is 18.2. The van der Waals surface area contributed by atoms with E-state index in [1.807, 2.05) is 84.9 Å². The predicted octanol–water partition coefficient (Wildman–Crippen LogP) is 14.4. The van der Waals surface area contributed by atoms with Gasteiger partial charge in [-0.1, -0.05) is 169 Å². The summed E-state index contributed by atoms with van der Waals surface area (Å²) < 4.78 is 144. The van der Waals surface area contributed by atoms with E-state index in [4.69, 9.17) is 18.1 Å². The largest absolute Gasteiger partial charge is 0.455 e. The van der Waals surface area contributed by atoms with E-state index in [2.05, 4.69) is 0 Å². The maximum atomic E-state index is 9.70. The number of fused-ring (bicyclic) bond motifs is 9. The normalized spacial score (nSPS) is 16.0. The van der Waals surface area contributed by atoms with Crippen LogP contribution in [0.1, 0.15) is 20.6 Å². The van der Waals surface area contributed by atoms with Crippen molar-refractivity contribution in [2.75, 3.05) is 0 Å². The van der Waals surface area contributed by atoms with E-state index in [-0.39, 0.29) is 32.7 Å². The highest BCUT2D eigenvalue weighted by atomic mass is 16.3. The lowest BCUT2D eigenvalue weighted by atomic mass is 9.81. The van der Waals surface area contributed by atoms with Gasteiger partial charge in [-0.25, -0.2) is 0 Å². The topological polar surface area (TPSA) is 13.1 Å². The number of hydrogen-bond donors (Lipinski definition) is 0. The zero-order chi connectivity index (χ0) is 46.5. The van der Waals surface area contributed by atoms with Gasteiger partial charge in [0.15, 0.2) is 0 Å². The standard InChI is InChI=1S/C50H30O/c1-4-17-34-31(13-1)16-11-24-37(34)47-38-20-7-9-22-40(38)48(41-23-10-8-21-39(41)47)43-29-27-32-14-2-5-18-35(32)46(43)42-25-12-26-45-49(42)44-30-28-33-15-3-6-19-36(33)50(44)51-45/h1-30H/i1D,4D,7D,8D,9D,10D,11D,13D,16D,17D,20D,21D,22D,23D,24D. The molecular weight excluding hydrogens is 617 g/mol. The van der Waals surface area contributed by atoms with Crippen LogP contribution in [0.25, 0.3) is 109 Å². The Bertz CT molecular complexity index is 3970. The predicted molar refractivity (Wildman–Crippen MR) is 218 cm³/mol. The lowest BCUT2D eigenvalue weighted by Crippen LogP contribution is -1.94. The van der Waals surface area contributed by atoms with Crippen LogP contribution in [-0.2, 0) is 0 Å². The molecule has 0 radical (unpaired) electrons. The average Bonchev–Trinajstić information content (AvgIpc) is 3.73. The van der Waals surface area contributed by atoms with Crippen molar-refractivity contribution in [1.82, 2.24) is 0 Å². The molecule has 0 amide bonds. The molecule has 0 saturated heterocycles. The van der Waals surface area contributed by atoms with Gasteiger partial charge >= 0.3 is 0 Å². The molecule has 1 aromatic heterocycles. The van der Waals surface area contributed by atoms with Gasteiger partial charge in [-0.3, -0.25) is 0 Å². The molecule has 0 atom stereocenters. The zero-order valence-corrected chi connectivity index (χ0v) is 26.6. The SMILES string of the molecule is [2H]c1c([2H])c([2H])c2c(-c3c4c([2H])c([2H])c([2H])c([2H])c4c(-c4ccc5ccccc5c4-c4cccc5oc6c7ccccc7ccc6c45)c4c([2H])c([2H])c([2H])c([2H])c34)c([2H])c([2H])c([2H])c2c1[2H]. The molecule has 1 heterocycles. The molecule has 0 aliphatic heterocycles. The van der Waals surface area contributed by atoms with Crippen molar-refractivity contribution < 1.29 is 25.0 Å². The highest BCUT2D eigenvalue weighted by Gasteiger charge is 2.23. The first-order valence-electron chi connectivity index (χ1n) is 23.9. The van der Waals surface area contributed by atoms with Crippen molar-refractivity contribution in [3.05, 3.63) is 182 Å². The van der Waals surface area contributed by atoms with Gasteiger partial charge in [-0.05, 0) is 94.0 Å². The summed E-state index contributed by atoms with van der Waals surface area (Å²) in [5.74, 6) is 0. The summed E-state index contributed by atoms with van der Waals surface area (Å²) in [4.78, 5) is 0. The Morgan fingerprint density at radius 2 is 0.922 bits per heavy atom.